The van der Waals surface area contributed by atoms with E-state index in [4.69, 9.17) is 0 Å². The average Bonchev–Trinajstić information content (AvgIpc) is 2.77. The van der Waals surface area contributed by atoms with Gasteiger partial charge in [-0.15, -0.1) is 0 Å². The summed E-state index contributed by atoms with van der Waals surface area (Å²) in [6.45, 7) is 3.36. The topological polar surface area (TPSA) is 52.7 Å². The number of hydrogen-bond donors (Lipinski definition) is 1. The third kappa shape index (κ3) is 5.05. The van der Waals surface area contributed by atoms with Gasteiger partial charge in [0.25, 0.3) is 5.91 Å². The molecule has 2 aliphatic heterocycles. The Morgan fingerprint density at radius 1 is 0.967 bits per heavy atom. The van der Waals surface area contributed by atoms with Crippen molar-refractivity contribution in [3.05, 3.63) is 65.5 Å². The number of hydrogen-bond acceptors (Lipinski definition) is 3. The molecule has 6 heteroatoms. The third-order valence-electron chi connectivity index (χ3n) is 6.01. The fourth-order valence-electron chi connectivity index (χ4n) is 4.22. The van der Waals surface area contributed by atoms with Crippen LogP contribution in [0.1, 0.15) is 48.0 Å². The molecule has 0 bridgehead atoms. The van der Waals surface area contributed by atoms with E-state index in [2.05, 4.69) is 10.2 Å². The van der Waals surface area contributed by atoms with Crippen LogP contribution >= 0.6 is 0 Å². The van der Waals surface area contributed by atoms with Crippen molar-refractivity contribution in [2.45, 2.75) is 44.7 Å². The van der Waals surface area contributed by atoms with Gasteiger partial charge in [-0.25, -0.2) is 4.39 Å². The van der Waals surface area contributed by atoms with Crippen molar-refractivity contribution in [2.24, 2.45) is 0 Å². The lowest BCUT2D eigenvalue weighted by Gasteiger charge is -2.32. The Balaban J connectivity index is 1.26. The molecule has 30 heavy (non-hydrogen) atoms. The number of nitrogens with zero attached hydrogens (tertiary/aromatic N) is 2. The number of likely N-dealkylation sites (tertiary alicyclic amines) is 1. The molecule has 0 saturated carbocycles. The van der Waals surface area contributed by atoms with Crippen LogP contribution in [-0.4, -0.2) is 42.4 Å². The molecule has 158 valence electrons. The van der Waals surface area contributed by atoms with Crippen molar-refractivity contribution in [3.63, 3.8) is 0 Å². The number of carbonyl (C=O) groups is 2. The number of halogens is 1. The maximum Gasteiger partial charge on any atom is 0.251 e. The summed E-state index contributed by atoms with van der Waals surface area (Å²) < 4.78 is 13.0. The van der Waals surface area contributed by atoms with E-state index in [9.17, 15) is 14.0 Å². The van der Waals surface area contributed by atoms with Gasteiger partial charge >= 0.3 is 0 Å². The van der Waals surface area contributed by atoms with Gasteiger partial charge in [-0.1, -0.05) is 12.1 Å². The summed E-state index contributed by atoms with van der Waals surface area (Å²) in [5, 5.41) is 3.14. The summed E-state index contributed by atoms with van der Waals surface area (Å²) in [6.07, 6.45) is 4.37. The van der Waals surface area contributed by atoms with E-state index in [1.165, 1.54) is 12.1 Å². The maximum atomic E-state index is 13.0. The van der Waals surface area contributed by atoms with Crippen molar-refractivity contribution in [2.75, 3.05) is 24.5 Å². The number of rotatable bonds is 5. The Kier molecular flexibility index (Phi) is 6.43. The number of benzene rings is 2. The zero-order valence-electron chi connectivity index (χ0n) is 17.1. The Hall–Kier alpha value is -2.73. The predicted molar refractivity (Wildman–Crippen MR) is 115 cm³/mol. The van der Waals surface area contributed by atoms with E-state index >= 15 is 0 Å². The van der Waals surface area contributed by atoms with Gasteiger partial charge < -0.3 is 10.2 Å². The molecule has 2 heterocycles. The van der Waals surface area contributed by atoms with Gasteiger partial charge in [-0.3, -0.25) is 14.5 Å². The Morgan fingerprint density at radius 2 is 1.67 bits per heavy atom. The zero-order valence-corrected chi connectivity index (χ0v) is 17.1. The van der Waals surface area contributed by atoms with Gasteiger partial charge in [0.2, 0.25) is 5.91 Å². The molecule has 2 saturated heterocycles. The van der Waals surface area contributed by atoms with Crippen LogP contribution in [0.15, 0.2) is 48.5 Å². The molecule has 0 aromatic heterocycles. The van der Waals surface area contributed by atoms with Gasteiger partial charge in [-0.2, -0.15) is 0 Å². The normalized spacial score (nSPS) is 18.4. The van der Waals surface area contributed by atoms with E-state index in [1.807, 2.05) is 29.2 Å². The monoisotopic (exact) mass is 409 g/mol. The number of piperidine rings is 2. The average molecular weight is 410 g/mol. The van der Waals surface area contributed by atoms with Gasteiger partial charge in [0, 0.05) is 49.9 Å². The molecule has 0 spiro atoms. The van der Waals surface area contributed by atoms with Crippen molar-refractivity contribution in [1.29, 1.82) is 0 Å². The standard InChI is InChI=1S/C24H28FN3O2/c25-20-8-4-18(5-9-20)17-27-15-12-21(13-16-27)26-24(30)19-6-10-22(11-7-19)28-14-2-1-3-23(28)29/h4-11,21H,1-3,12-17H2,(H,26,30). The summed E-state index contributed by atoms with van der Waals surface area (Å²) in [7, 11) is 0. The number of nitrogens with one attached hydrogen (secondary N) is 1. The third-order valence-corrected chi connectivity index (χ3v) is 6.01. The first kappa shape index (κ1) is 20.5. The Bertz CT molecular complexity index is 874. The van der Waals surface area contributed by atoms with E-state index in [0.29, 0.717) is 12.0 Å². The van der Waals surface area contributed by atoms with Crippen LogP contribution in [-0.2, 0) is 11.3 Å². The van der Waals surface area contributed by atoms with Crippen LogP contribution in [0.25, 0.3) is 0 Å². The van der Waals surface area contributed by atoms with Crippen molar-refractivity contribution >= 4 is 17.5 Å². The van der Waals surface area contributed by atoms with E-state index in [0.717, 1.165) is 63.1 Å². The van der Waals surface area contributed by atoms with Crippen molar-refractivity contribution in [1.82, 2.24) is 10.2 Å². The summed E-state index contributed by atoms with van der Waals surface area (Å²) in [5.41, 5.74) is 2.59. The van der Waals surface area contributed by atoms with Crippen molar-refractivity contribution < 1.29 is 14.0 Å². The first-order valence-electron chi connectivity index (χ1n) is 10.8. The predicted octanol–water partition coefficient (Wildman–Crippen LogP) is 3.74. The smallest absolute Gasteiger partial charge is 0.251 e. The second kappa shape index (κ2) is 9.39. The fraction of sp³-hybridized carbons (Fsp3) is 0.417. The summed E-state index contributed by atoms with van der Waals surface area (Å²) in [4.78, 5) is 28.8. The second-order valence-corrected chi connectivity index (χ2v) is 8.20. The van der Waals surface area contributed by atoms with Crippen LogP contribution in [0.3, 0.4) is 0 Å². The SMILES string of the molecule is O=C(NC1CCN(Cc2ccc(F)cc2)CC1)c1ccc(N2CCCCC2=O)cc1. The highest BCUT2D eigenvalue weighted by Crippen LogP contribution is 2.21. The second-order valence-electron chi connectivity index (χ2n) is 8.20. The van der Waals surface area contributed by atoms with E-state index in [-0.39, 0.29) is 23.7 Å². The molecule has 2 amide bonds. The first-order valence-corrected chi connectivity index (χ1v) is 10.8. The first-order chi connectivity index (χ1) is 14.6. The summed E-state index contributed by atoms with van der Waals surface area (Å²) >= 11 is 0. The van der Waals surface area contributed by atoms with Crippen LogP contribution in [0.4, 0.5) is 10.1 Å². The van der Waals surface area contributed by atoms with Gasteiger partial charge in [0.1, 0.15) is 5.82 Å². The molecule has 4 rings (SSSR count). The molecule has 0 unspecified atom stereocenters. The van der Waals surface area contributed by atoms with Gasteiger partial charge in [-0.05, 0) is 67.6 Å². The molecular formula is C24H28FN3O2. The minimum atomic E-state index is -0.212. The fourth-order valence-corrected chi connectivity index (χ4v) is 4.22. The number of anilines is 1. The highest BCUT2D eigenvalue weighted by molar-refractivity contribution is 5.97. The largest absolute Gasteiger partial charge is 0.349 e. The molecule has 1 N–H and O–H groups in total. The highest BCUT2D eigenvalue weighted by atomic mass is 19.1. The minimum Gasteiger partial charge on any atom is -0.349 e. The van der Waals surface area contributed by atoms with Gasteiger partial charge in [0.15, 0.2) is 0 Å². The summed E-state index contributed by atoms with van der Waals surface area (Å²) in [5.74, 6) is -0.120. The number of carbonyl (C=O) groups excluding carboxylic acids is 2. The molecule has 0 atom stereocenters. The molecule has 5 nitrogen and oxygen atoms in total. The summed E-state index contributed by atoms with van der Waals surface area (Å²) in [6, 6.07) is 14.1. The molecule has 2 aromatic rings. The molecular weight excluding hydrogens is 381 g/mol. The number of amides is 2. The van der Waals surface area contributed by atoms with Crippen LogP contribution in [0, 0.1) is 5.82 Å². The Labute approximate surface area is 176 Å². The highest BCUT2D eigenvalue weighted by Gasteiger charge is 2.22. The van der Waals surface area contributed by atoms with Gasteiger partial charge in [0.05, 0.1) is 0 Å². The molecule has 0 aliphatic carbocycles. The van der Waals surface area contributed by atoms with E-state index < -0.39 is 0 Å². The molecule has 2 aliphatic rings. The lowest BCUT2D eigenvalue weighted by Crippen LogP contribution is -2.44. The van der Waals surface area contributed by atoms with Crippen LogP contribution < -0.4 is 10.2 Å². The lowest BCUT2D eigenvalue weighted by atomic mass is 10.0. The van der Waals surface area contributed by atoms with Crippen LogP contribution in [0.5, 0.6) is 0 Å². The Morgan fingerprint density at radius 3 is 2.33 bits per heavy atom. The maximum absolute atomic E-state index is 13.0. The minimum absolute atomic E-state index is 0.0662. The molecule has 2 fully saturated rings. The molecule has 2 aromatic carbocycles. The quantitative estimate of drug-likeness (QED) is 0.819. The molecule has 0 radical (unpaired) electrons. The van der Waals surface area contributed by atoms with Crippen molar-refractivity contribution in [3.8, 4) is 0 Å². The van der Waals surface area contributed by atoms with Crippen LogP contribution in [0.2, 0.25) is 0 Å². The lowest BCUT2D eigenvalue weighted by molar-refractivity contribution is -0.119. The zero-order chi connectivity index (χ0) is 20.9. The van der Waals surface area contributed by atoms with E-state index in [1.54, 1.807) is 12.1 Å².